The van der Waals surface area contributed by atoms with E-state index in [4.69, 9.17) is 14.2 Å². The number of methoxy groups -OCH3 is 1. The number of anilines is 1. The van der Waals surface area contributed by atoms with Crippen molar-refractivity contribution in [2.45, 2.75) is 37.9 Å². The van der Waals surface area contributed by atoms with Gasteiger partial charge in [-0.3, -0.25) is 19.1 Å². The number of benzene rings is 3. The number of carbonyl (C=O) groups excluding carboxylic acids is 2. The van der Waals surface area contributed by atoms with Crippen molar-refractivity contribution >= 4 is 28.6 Å². The third-order valence-electron chi connectivity index (χ3n) is 7.64. The lowest BCUT2D eigenvalue weighted by Crippen LogP contribution is -2.44. The summed E-state index contributed by atoms with van der Waals surface area (Å²) in [4.78, 5) is 29.6. The van der Waals surface area contributed by atoms with Crippen molar-refractivity contribution in [3.63, 3.8) is 0 Å². The summed E-state index contributed by atoms with van der Waals surface area (Å²) >= 11 is 0. The van der Waals surface area contributed by atoms with Gasteiger partial charge in [0.25, 0.3) is 0 Å². The first-order valence-corrected chi connectivity index (χ1v) is 13.4. The summed E-state index contributed by atoms with van der Waals surface area (Å²) in [6.07, 6.45) is -4.87. The highest BCUT2D eigenvalue weighted by molar-refractivity contribution is 5.98. The van der Waals surface area contributed by atoms with Crippen LogP contribution >= 0.6 is 0 Å². The fraction of sp³-hybridized carbons (Fsp3) is 0.300. The maximum absolute atomic E-state index is 14.6. The Morgan fingerprint density at radius 2 is 1.86 bits per heavy atom. The van der Waals surface area contributed by atoms with Gasteiger partial charge in [-0.25, -0.2) is 13.8 Å². The molecule has 1 amide bonds. The van der Waals surface area contributed by atoms with Crippen molar-refractivity contribution in [2.24, 2.45) is 0 Å². The number of ether oxygens (including phenoxy) is 3. The number of hydrogen-bond donors (Lipinski definition) is 0. The molecule has 2 aliphatic rings. The molecule has 8 nitrogen and oxygen atoms in total. The highest BCUT2D eigenvalue weighted by Crippen LogP contribution is 2.46. The maximum atomic E-state index is 14.6. The Kier molecular flexibility index (Phi) is 6.98. The summed E-state index contributed by atoms with van der Waals surface area (Å²) in [7, 11) is 1.25. The molecule has 43 heavy (non-hydrogen) atoms. The van der Waals surface area contributed by atoms with E-state index in [2.05, 4.69) is 4.98 Å². The predicted octanol–water partition coefficient (Wildman–Crippen LogP) is 5.93. The van der Waals surface area contributed by atoms with Crippen molar-refractivity contribution in [3.8, 4) is 17.2 Å². The average molecular weight is 602 g/mol. The molecule has 0 fully saturated rings. The van der Waals surface area contributed by atoms with Gasteiger partial charge in [-0.05, 0) is 12.1 Å². The van der Waals surface area contributed by atoms with Crippen molar-refractivity contribution in [1.82, 2.24) is 9.55 Å². The number of esters is 1. The van der Waals surface area contributed by atoms with Crippen molar-refractivity contribution in [1.29, 1.82) is 0 Å². The molecular formula is C30H24F5N3O5. The van der Waals surface area contributed by atoms with E-state index in [0.717, 1.165) is 12.1 Å². The lowest BCUT2D eigenvalue weighted by Gasteiger charge is -2.29. The smallest absolute Gasteiger partial charge is 0.471 e. The number of amides is 1. The second kappa shape index (κ2) is 10.5. The second-order valence-corrected chi connectivity index (χ2v) is 10.2. The summed E-state index contributed by atoms with van der Waals surface area (Å²) in [6, 6.07) is 9.57. The van der Waals surface area contributed by atoms with Crippen LogP contribution in [0.4, 0.5) is 27.6 Å². The van der Waals surface area contributed by atoms with Gasteiger partial charge in [0, 0.05) is 47.4 Å². The third kappa shape index (κ3) is 4.82. The first-order valence-electron chi connectivity index (χ1n) is 13.4. The van der Waals surface area contributed by atoms with E-state index >= 15 is 0 Å². The average Bonchev–Trinajstić information content (AvgIpc) is 3.68. The monoisotopic (exact) mass is 601 g/mol. The zero-order valence-corrected chi connectivity index (χ0v) is 22.9. The molecule has 0 spiro atoms. The summed E-state index contributed by atoms with van der Waals surface area (Å²) in [6.45, 7) is 1.57. The molecule has 2 atom stereocenters. The number of fused-ring (bicyclic) bond motifs is 3. The molecule has 6 rings (SSSR count). The standard InChI is InChI=1S/C30H24F5N3O5/c1-3-25-36-27-20(32)10-16(31)11-22(27)38(25)21-6-4-5-19-23(14-43-28(19)21)37(29(40)30(33,34)35)17-7-8-18-15(9-26(39)41-2)13-42-24(18)12-17/h4-8,10-12,15,23H,3,9,13-14H2,1-2H3/t15-,23-/m1/s1. The zero-order chi connectivity index (χ0) is 30.6. The van der Waals surface area contributed by atoms with Crippen molar-refractivity contribution < 1.29 is 45.8 Å². The molecule has 0 N–H and O–H groups in total. The molecule has 3 heterocycles. The number of carbonyl (C=O) groups is 2. The van der Waals surface area contributed by atoms with Gasteiger partial charge in [-0.2, -0.15) is 13.2 Å². The van der Waals surface area contributed by atoms with E-state index in [-0.39, 0.29) is 59.3 Å². The zero-order valence-electron chi connectivity index (χ0n) is 22.9. The van der Waals surface area contributed by atoms with E-state index in [9.17, 15) is 31.5 Å². The number of aryl methyl sites for hydroxylation is 1. The van der Waals surface area contributed by atoms with Crippen molar-refractivity contribution in [3.05, 3.63) is 77.1 Å². The summed E-state index contributed by atoms with van der Waals surface area (Å²) < 4.78 is 88.6. The lowest BCUT2D eigenvalue weighted by atomic mass is 9.97. The minimum atomic E-state index is -5.22. The van der Waals surface area contributed by atoms with E-state index in [1.807, 2.05) is 0 Å². The molecule has 0 aliphatic carbocycles. The molecule has 0 radical (unpaired) electrons. The normalized spacial score (nSPS) is 17.3. The molecule has 4 aromatic rings. The molecule has 13 heteroatoms. The van der Waals surface area contributed by atoms with Crippen LogP contribution in [0.2, 0.25) is 0 Å². The quantitative estimate of drug-likeness (QED) is 0.201. The summed E-state index contributed by atoms with van der Waals surface area (Å²) in [5, 5.41) is 0. The van der Waals surface area contributed by atoms with Crippen LogP contribution in [0.15, 0.2) is 48.5 Å². The molecule has 1 aromatic heterocycles. The number of halogens is 5. The van der Waals surface area contributed by atoms with Crippen molar-refractivity contribution in [2.75, 3.05) is 25.2 Å². The highest BCUT2D eigenvalue weighted by atomic mass is 19.4. The van der Waals surface area contributed by atoms with E-state index in [1.165, 1.54) is 35.9 Å². The van der Waals surface area contributed by atoms with Gasteiger partial charge in [0.15, 0.2) is 5.82 Å². The van der Waals surface area contributed by atoms with Gasteiger partial charge >= 0.3 is 18.1 Å². The molecule has 3 aromatic carbocycles. The number of imidazole rings is 1. The molecule has 2 aliphatic heterocycles. The number of nitrogens with zero attached hydrogens (tertiary/aromatic N) is 3. The molecule has 0 saturated heterocycles. The molecule has 0 unspecified atom stereocenters. The van der Waals surface area contributed by atoms with Crippen LogP contribution in [0.5, 0.6) is 11.5 Å². The van der Waals surface area contributed by atoms with E-state index in [1.54, 1.807) is 19.1 Å². The van der Waals surface area contributed by atoms with E-state index in [0.29, 0.717) is 28.4 Å². The Hall–Kier alpha value is -4.68. The number of alkyl halides is 3. The first kappa shape index (κ1) is 28.4. The highest BCUT2D eigenvalue weighted by Gasteiger charge is 2.48. The topological polar surface area (TPSA) is 82.9 Å². The van der Waals surface area contributed by atoms with Crippen LogP contribution in [0.25, 0.3) is 16.7 Å². The van der Waals surface area contributed by atoms with Gasteiger partial charge in [-0.15, -0.1) is 0 Å². The van der Waals surface area contributed by atoms with Crippen LogP contribution in [-0.2, 0) is 20.7 Å². The fourth-order valence-electron chi connectivity index (χ4n) is 5.71. The van der Waals surface area contributed by atoms with Crippen LogP contribution in [0, 0.1) is 11.6 Å². The second-order valence-electron chi connectivity index (χ2n) is 10.2. The largest absolute Gasteiger partial charge is 0.493 e. The summed E-state index contributed by atoms with van der Waals surface area (Å²) in [5.74, 6) is -3.83. The number of aromatic nitrogens is 2. The van der Waals surface area contributed by atoms with Gasteiger partial charge in [0.2, 0.25) is 0 Å². The molecule has 224 valence electrons. The van der Waals surface area contributed by atoms with Gasteiger partial charge in [-0.1, -0.05) is 25.1 Å². The van der Waals surface area contributed by atoms with Crippen LogP contribution in [-0.4, -0.2) is 47.9 Å². The Bertz CT molecular complexity index is 1770. The number of para-hydroxylation sites is 1. The Labute approximate surface area is 241 Å². The predicted molar refractivity (Wildman–Crippen MR) is 143 cm³/mol. The third-order valence-corrected chi connectivity index (χ3v) is 7.64. The first-order chi connectivity index (χ1) is 20.5. The Balaban J connectivity index is 1.45. The van der Waals surface area contributed by atoms with Crippen LogP contribution in [0.1, 0.15) is 42.3 Å². The van der Waals surface area contributed by atoms with Gasteiger partial charge < -0.3 is 14.2 Å². The minimum Gasteiger partial charge on any atom is -0.493 e. The molecular weight excluding hydrogens is 577 g/mol. The fourth-order valence-corrected chi connectivity index (χ4v) is 5.71. The lowest BCUT2D eigenvalue weighted by molar-refractivity contribution is -0.171. The molecule has 0 bridgehead atoms. The maximum Gasteiger partial charge on any atom is 0.471 e. The van der Waals surface area contributed by atoms with Crippen LogP contribution < -0.4 is 14.4 Å². The van der Waals surface area contributed by atoms with E-state index < -0.39 is 35.7 Å². The SMILES string of the molecule is CCc1nc2c(F)cc(F)cc2n1-c1cccc2c1OC[C@H]2N(C(=O)C(F)(F)F)c1ccc2c(c1)OC[C@H]2CC(=O)OC. The molecule has 0 saturated carbocycles. The summed E-state index contributed by atoms with van der Waals surface area (Å²) in [5.41, 5.74) is 1.15. The number of hydrogen-bond acceptors (Lipinski definition) is 6. The Morgan fingerprint density at radius 1 is 1.07 bits per heavy atom. The van der Waals surface area contributed by atoms with Crippen LogP contribution in [0.3, 0.4) is 0 Å². The Morgan fingerprint density at radius 3 is 2.58 bits per heavy atom. The van der Waals surface area contributed by atoms with Gasteiger partial charge in [0.1, 0.15) is 35.3 Å². The minimum absolute atomic E-state index is 0.0249. The number of rotatable bonds is 6. The van der Waals surface area contributed by atoms with Gasteiger partial charge in [0.05, 0.1) is 37.4 Å².